The van der Waals surface area contributed by atoms with Crippen LogP contribution in [-0.2, 0) is 7.05 Å². The highest BCUT2D eigenvalue weighted by molar-refractivity contribution is 7.99. The van der Waals surface area contributed by atoms with E-state index in [-0.39, 0.29) is 0 Å². The molecule has 0 atom stereocenters. The fourth-order valence-electron chi connectivity index (χ4n) is 1.46. The molecule has 8 heteroatoms. The van der Waals surface area contributed by atoms with E-state index in [0.717, 1.165) is 17.9 Å². The summed E-state index contributed by atoms with van der Waals surface area (Å²) in [5, 5.41) is 8.00. The molecule has 2 rings (SSSR count). The van der Waals surface area contributed by atoms with Crippen molar-refractivity contribution in [2.75, 3.05) is 30.9 Å². The second-order valence-corrected chi connectivity index (χ2v) is 5.56. The summed E-state index contributed by atoms with van der Waals surface area (Å²) in [6.45, 7) is 2.94. The number of anilines is 2. The summed E-state index contributed by atoms with van der Waals surface area (Å²) in [5.41, 5.74) is 0. The van der Waals surface area contributed by atoms with Crippen molar-refractivity contribution in [2.24, 2.45) is 7.05 Å². The Bertz CT molecular complexity index is 567. The lowest BCUT2D eigenvalue weighted by Crippen LogP contribution is -2.16. The van der Waals surface area contributed by atoms with Crippen molar-refractivity contribution in [3.05, 3.63) is 12.4 Å². The van der Waals surface area contributed by atoms with Crippen LogP contribution in [0.15, 0.2) is 22.4 Å². The van der Waals surface area contributed by atoms with Crippen molar-refractivity contribution in [1.82, 2.24) is 24.7 Å². The van der Waals surface area contributed by atoms with Gasteiger partial charge in [-0.1, -0.05) is 6.92 Å². The van der Waals surface area contributed by atoms with Crippen LogP contribution in [0, 0.1) is 0 Å². The van der Waals surface area contributed by atoms with Gasteiger partial charge in [0, 0.05) is 33.9 Å². The fourth-order valence-corrected chi connectivity index (χ4v) is 2.24. The number of nitrogens with zero attached hydrogens (tertiary/aromatic N) is 6. The van der Waals surface area contributed by atoms with Crippen LogP contribution in [-0.4, -0.2) is 45.4 Å². The molecule has 20 heavy (non-hydrogen) atoms. The standard InChI is InChI=1S/C12H19N7S/c1-5-6-13-10-15-11(18(2)3)17-12(16-10)20-9-7-14-19(4)8-9/h7-8H,5-6H2,1-4H3,(H,13,15,16,17). The maximum atomic E-state index is 4.44. The van der Waals surface area contributed by atoms with Crippen molar-refractivity contribution >= 4 is 23.7 Å². The van der Waals surface area contributed by atoms with Gasteiger partial charge in [0.25, 0.3) is 0 Å². The van der Waals surface area contributed by atoms with Crippen LogP contribution >= 0.6 is 11.8 Å². The summed E-state index contributed by atoms with van der Waals surface area (Å²) < 4.78 is 1.76. The summed E-state index contributed by atoms with van der Waals surface area (Å²) >= 11 is 1.48. The second kappa shape index (κ2) is 6.56. The largest absolute Gasteiger partial charge is 0.354 e. The summed E-state index contributed by atoms with van der Waals surface area (Å²) in [7, 11) is 5.71. The van der Waals surface area contributed by atoms with E-state index < -0.39 is 0 Å². The first-order chi connectivity index (χ1) is 9.58. The molecule has 0 aliphatic heterocycles. The van der Waals surface area contributed by atoms with Crippen molar-refractivity contribution in [3.8, 4) is 0 Å². The van der Waals surface area contributed by atoms with Crippen LogP contribution < -0.4 is 10.2 Å². The smallest absolute Gasteiger partial charge is 0.230 e. The van der Waals surface area contributed by atoms with Crippen molar-refractivity contribution in [3.63, 3.8) is 0 Å². The van der Waals surface area contributed by atoms with E-state index in [2.05, 4.69) is 32.3 Å². The quantitative estimate of drug-likeness (QED) is 0.868. The van der Waals surface area contributed by atoms with E-state index in [1.807, 2.05) is 32.2 Å². The van der Waals surface area contributed by atoms with Gasteiger partial charge in [-0.3, -0.25) is 4.68 Å². The number of hydrogen-bond donors (Lipinski definition) is 1. The van der Waals surface area contributed by atoms with E-state index in [1.165, 1.54) is 11.8 Å². The predicted molar refractivity (Wildman–Crippen MR) is 80.3 cm³/mol. The molecule has 2 aromatic heterocycles. The molecule has 0 unspecified atom stereocenters. The number of rotatable bonds is 6. The van der Waals surface area contributed by atoms with Crippen LogP contribution in [0.25, 0.3) is 0 Å². The molecular weight excluding hydrogens is 274 g/mol. The van der Waals surface area contributed by atoms with Crippen molar-refractivity contribution in [2.45, 2.75) is 23.4 Å². The molecule has 1 N–H and O–H groups in total. The molecule has 0 bridgehead atoms. The average molecular weight is 293 g/mol. The Balaban J connectivity index is 2.23. The zero-order valence-electron chi connectivity index (χ0n) is 12.2. The van der Waals surface area contributed by atoms with Gasteiger partial charge in [-0.25, -0.2) is 0 Å². The second-order valence-electron chi connectivity index (χ2n) is 4.51. The summed E-state index contributed by atoms with van der Waals surface area (Å²) in [5.74, 6) is 1.25. The zero-order valence-corrected chi connectivity index (χ0v) is 13.0. The van der Waals surface area contributed by atoms with Gasteiger partial charge in [-0.05, 0) is 18.2 Å². The lowest BCUT2D eigenvalue weighted by molar-refractivity contribution is 0.766. The van der Waals surface area contributed by atoms with E-state index in [9.17, 15) is 0 Å². The molecule has 0 aliphatic carbocycles. The zero-order chi connectivity index (χ0) is 14.5. The van der Waals surface area contributed by atoms with E-state index in [0.29, 0.717) is 17.1 Å². The van der Waals surface area contributed by atoms with Gasteiger partial charge in [0.15, 0.2) is 5.16 Å². The Kier molecular flexibility index (Phi) is 4.78. The van der Waals surface area contributed by atoms with Crippen LogP contribution in [0.2, 0.25) is 0 Å². The first kappa shape index (κ1) is 14.6. The van der Waals surface area contributed by atoms with Gasteiger partial charge >= 0.3 is 0 Å². The number of aryl methyl sites for hydroxylation is 1. The number of aromatic nitrogens is 5. The van der Waals surface area contributed by atoms with Crippen molar-refractivity contribution in [1.29, 1.82) is 0 Å². The molecule has 0 amide bonds. The summed E-state index contributed by atoms with van der Waals surface area (Å²) in [6.07, 6.45) is 4.75. The van der Waals surface area contributed by atoms with Crippen LogP contribution in [0.4, 0.5) is 11.9 Å². The average Bonchev–Trinajstić information content (AvgIpc) is 2.81. The third-order valence-corrected chi connectivity index (χ3v) is 3.24. The molecule has 7 nitrogen and oxygen atoms in total. The number of nitrogens with one attached hydrogen (secondary N) is 1. The summed E-state index contributed by atoms with van der Waals surface area (Å²) in [4.78, 5) is 16.1. The molecular formula is C12H19N7S. The van der Waals surface area contributed by atoms with Gasteiger partial charge in [0.2, 0.25) is 11.9 Å². The molecule has 0 saturated heterocycles. The maximum absolute atomic E-state index is 4.44. The van der Waals surface area contributed by atoms with Crippen LogP contribution in [0.1, 0.15) is 13.3 Å². The lowest BCUT2D eigenvalue weighted by atomic mass is 10.5. The lowest BCUT2D eigenvalue weighted by Gasteiger charge is -2.12. The molecule has 108 valence electrons. The highest BCUT2D eigenvalue weighted by Gasteiger charge is 2.10. The molecule has 0 radical (unpaired) electrons. The van der Waals surface area contributed by atoms with Gasteiger partial charge in [-0.15, -0.1) is 0 Å². The highest BCUT2D eigenvalue weighted by atomic mass is 32.2. The molecule has 2 heterocycles. The first-order valence-electron chi connectivity index (χ1n) is 6.42. The molecule has 0 saturated carbocycles. The van der Waals surface area contributed by atoms with Gasteiger partial charge in [-0.2, -0.15) is 20.1 Å². The van der Waals surface area contributed by atoms with Crippen LogP contribution in [0.5, 0.6) is 0 Å². The topological polar surface area (TPSA) is 71.8 Å². The minimum absolute atomic E-state index is 0.608. The Morgan fingerprint density at radius 2 is 2.10 bits per heavy atom. The third-order valence-electron chi connectivity index (χ3n) is 2.43. The molecule has 0 fully saturated rings. The highest BCUT2D eigenvalue weighted by Crippen LogP contribution is 2.25. The van der Waals surface area contributed by atoms with Crippen LogP contribution in [0.3, 0.4) is 0 Å². The number of hydrogen-bond acceptors (Lipinski definition) is 7. The van der Waals surface area contributed by atoms with Crippen molar-refractivity contribution < 1.29 is 0 Å². The Labute approximate surface area is 122 Å². The van der Waals surface area contributed by atoms with Gasteiger partial charge < -0.3 is 10.2 Å². The van der Waals surface area contributed by atoms with E-state index >= 15 is 0 Å². The van der Waals surface area contributed by atoms with E-state index in [1.54, 1.807) is 10.9 Å². The fraction of sp³-hybridized carbons (Fsp3) is 0.500. The summed E-state index contributed by atoms with van der Waals surface area (Å²) in [6, 6.07) is 0. The van der Waals surface area contributed by atoms with Gasteiger partial charge in [0.1, 0.15) is 0 Å². The molecule has 0 spiro atoms. The normalized spacial score (nSPS) is 10.6. The third kappa shape index (κ3) is 3.83. The monoisotopic (exact) mass is 293 g/mol. The first-order valence-corrected chi connectivity index (χ1v) is 7.24. The SMILES string of the molecule is CCCNc1nc(Sc2cnn(C)c2)nc(N(C)C)n1. The predicted octanol–water partition coefficient (Wildman–Crippen LogP) is 1.64. The molecule has 2 aromatic rings. The Hall–Kier alpha value is -1.83. The minimum atomic E-state index is 0.608. The molecule has 0 aliphatic rings. The minimum Gasteiger partial charge on any atom is -0.354 e. The Morgan fingerprint density at radius 3 is 2.70 bits per heavy atom. The Morgan fingerprint density at radius 1 is 1.30 bits per heavy atom. The van der Waals surface area contributed by atoms with Gasteiger partial charge in [0.05, 0.1) is 11.1 Å². The molecule has 0 aromatic carbocycles. The maximum Gasteiger partial charge on any atom is 0.230 e. The van der Waals surface area contributed by atoms with E-state index in [4.69, 9.17) is 0 Å².